The zero-order valence-corrected chi connectivity index (χ0v) is 14.5. The molecule has 2 aromatic carbocycles. The van der Waals surface area contributed by atoms with E-state index in [1.165, 1.54) is 19.4 Å². The molecule has 2 rings (SSSR count). The Morgan fingerprint density at radius 2 is 1.83 bits per heavy atom. The van der Waals surface area contributed by atoms with Gasteiger partial charge in [-0.3, -0.25) is 0 Å². The maximum Gasteiger partial charge on any atom is 0.118 e. The fraction of sp³-hybridized carbons (Fsp3) is 0.0667. The van der Waals surface area contributed by atoms with Crippen LogP contribution in [0.4, 0.5) is 5.69 Å². The molecule has 130 valence electrons. The van der Waals surface area contributed by atoms with Gasteiger partial charge in [-0.05, 0) is 23.8 Å². The van der Waals surface area contributed by atoms with E-state index in [0.29, 0.717) is 17.0 Å². The molecule has 0 atom stereocenters. The van der Waals surface area contributed by atoms with Crippen molar-refractivity contribution in [2.24, 2.45) is 10.2 Å². The van der Waals surface area contributed by atoms with Gasteiger partial charge in [-0.15, -0.1) is 0 Å². The SMILES string of the molecule is COc1ccc(/C=N/N=C(\[O-])c2ccccc2N)c([O-])c1.[Mo].[O-2].[O-2]. The van der Waals surface area contributed by atoms with Crippen LogP contribution >= 0.6 is 0 Å². The van der Waals surface area contributed by atoms with E-state index in [1.54, 1.807) is 36.4 Å². The third-order valence-electron chi connectivity index (χ3n) is 2.76. The van der Waals surface area contributed by atoms with E-state index in [9.17, 15) is 10.2 Å². The second kappa shape index (κ2) is 11.2. The van der Waals surface area contributed by atoms with E-state index in [2.05, 4.69) is 10.2 Å². The van der Waals surface area contributed by atoms with Crippen molar-refractivity contribution in [3.63, 3.8) is 0 Å². The summed E-state index contributed by atoms with van der Waals surface area (Å²) >= 11 is 0. The van der Waals surface area contributed by atoms with Gasteiger partial charge in [-0.1, -0.05) is 30.0 Å². The number of methoxy groups -OCH3 is 1. The number of nitrogens with zero attached hydrogens (tertiary/aromatic N) is 2. The first-order valence-corrected chi connectivity index (χ1v) is 6.10. The molecule has 2 N–H and O–H groups in total. The van der Waals surface area contributed by atoms with Crippen molar-refractivity contribution in [2.75, 3.05) is 12.8 Å². The van der Waals surface area contributed by atoms with E-state index >= 15 is 0 Å². The van der Waals surface area contributed by atoms with Crippen LogP contribution in [0.1, 0.15) is 11.1 Å². The largest absolute Gasteiger partial charge is 2.00 e. The summed E-state index contributed by atoms with van der Waals surface area (Å²) in [6.07, 6.45) is 1.22. The number of benzene rings is 2. The minimum absolute atomic E-state index is 0. The van der Waals surface area contributed by atoms with Crippen molar-refractivity contribution in [1.82, 2.24) is 0 Å². The van der Waals surface area contributed by atoms with Crippen LogP contribution in [-0.4, -0.2) is 19.2 Å². The smallest absolute Gasteiger partial charge is 0.118 e. The van der Waals surface area contributed by atoms with Crippen LogP contribution in [0.15, 0.2) is 52.7 Å². The van der Waals surface area contributed by atoms with Gasteiger partial charge in [0.05, 0.1) is 13.3 Å². The molecular formula is C15H13MoN3O5-6. The van der Waals surface area contributed by atoms with Crippen molar-refractivity contribution in [2.45, 2.75) is 0 Å². The number of nitrogens with two attached hydrogens (primary N) is 1. The molecule has 0 radical (unpaired) electrons. The van der Waals surface area contributed by atoms with Gasteiger partial charge >= 0.3 is 0 Å². The van der Waals surface area contributed by atoms with E-state index in [1.807, 2.05) is 0 Å². The van der Waals surface area contributed by atoms with Crippen molar-refractivity contribution in [3.8, 4) is 11.5 Å². The van der Waals surface area contributed by atoms with Crippen molar-refractivity contribution in [1.29, 1.82) is 0 Å². The van der Waals surface area contributed by atoms with E-state index in [4.69, 9.17) is 10.5 Å². The van der Waals surface area contributed by atoms with Gasteiger partial charge < -0.3 is 31.6 Å². The monoisotopic (exact) mass is 413 g/mol. The fourth-order valence-electron chi connectivity index (χ4n) is 1.64. The Kier molecular flexibility index (Phi) is 11.1. The molecular weight excluding hydrogens is 398 g/mol. The molecule has 0 unspecified atom stereocenters. The Morgan fingerprint density at radius 1 is 1.17 bits per heavy atom. The average molecular weight is 411 g/mol. The molecule has 8 nitrogen and oxygen atoms in total. The zero-order chi connectivity index (χ0) is 15.2. The van der Waals surface area contributed by atoms with Crippen LogP contribution in [0, 0.1) is 0 Å². The third-order valence-corrected chi connectivity index (χ3v) is 2.76. The summed E-state index contributed by atoms with van der Waals surface area (Å²) in [4.78, 5) is 0. The first kappa shape index (κ1) is 23.8. The number of anilines is 1. The Bertz CT molecular complexity index is 707. The molecule has 24 heavy (non-hydrogen) atoms. The van der Waals surface area contributed by atoms with Gasteiger partial charge in [0, 0.05) is 38.2 Å². The number of hydrogen-bond donors (Lipinski definition) is 1. The van der Waals surface area contributed by atoms with Crippen LogP contribution in [0.25, 0.3) is 0 Å². The van der Waals surface area contributed by atoms with Crippen LogP contribution < -0.4 is 20.7 Å². The molecule has 0 fully saturated rings. The first-order valence-electron chi connectivity index (χ1n) is 6.10. The predicted molar refractivity (Wildman–Crippen MR) is 78.8 cm³/mol. The molecule has 0 spiro atoms. The number of nitrogen functional groups attached to an aromatic ring is 1. The van der Waals surface area contributed by atoms with Crippen LogP contribution in [0.2, 0.25) is 0 Å². The summed E-state index contributed by atoms with van der Waals surface area (Å²) < 4.78 is 4.93. The molecule has 0 amide bonds. The van der Waals surface area contributed by atoms with Crippen LogP contribution in [0.3, 0.4) is 0 Å². The summed E-state index contributed by atoms with van der Waals surface area (Å²) in [5.74, 6) is -0.368. The molecule has 9 heteroatoms. The van der Waals surface area contributed by atoms with E-state index in [-0.39, 0.29) is 43.3 Å². The number of ether oxygens (including phenoxy) is 1. The van der Waals surface area contributed by atoms with Crippen LogP contribution in [-0.2, 0) is 32.0 Å². The topological polar surface area (TPSA) is 163 Å². The predicted octanol–water partition coefficient (Wildman–Crippen LogP) is 0.252. The van der Waals surface area contributed by atoms with Gasteiger partial charge in [0.2, 0.25) is 0 Å². The summed E-state index contributed by atoms with van der Waals surface area (Å²) in [7, 11) is 1.47. The molecule has 0 aliphatic carbocycles. The number of para-hydroxylation sites is 1. The van der Waals surface area contributed by atoms with Crippen LogP contribution in [0.5, 0.6) is 11.5 Å². The van der Waals surface area contributed by atoms with Crippen molar-refractivity contribution < 1.29 is 47.0 Å². The van der Waals surface area contributed by atoms with Crippen molar-refractivity contribution in [3.05, 3.63) is 53.6 Å². The number of rotatable bonds is 4. The molecule has 0 saturated heterocycles. The minimum atomic E-state index is -0.565. The maximum atomic E-state index is 11.8. The second-order valence-electron chi connectivity index (χ2n) is 4.14. The summed E-state index contributed by atoms with van der Waals surface area (Å²) in [6.45, 7) is 0. The Labute approximate surface area is 153 Å². The first-order chi connectivity index (χ1) is 10.1. The summed E-state index contributed by atoms with van der Waals surface area (Å²) in [5, 5.41) is 30.6. The van der Waals surface area contributed by atoms with Gasteiger partial charge in [0.1, 0.15) is 5.75 Å². The molecule has 0 heterocycles. The molecule has 0 bridgehead atoms. The quantitative estimate of drug-likeness (QED) is 0.251. The molecule has 0 aliphatic heterocycles. The van der Waals surface area contributed by atoms with Gasteiger partial charge in [-0.2, -0.15) is 10.2 Å². The third kappa shape index (κ3) is 6.00. The average Bonchev–Trinajstić information content (AvgIpc) is 2.49. The standard InChI is InChI=1S/C15H15N3O3.Mo.2O/c1-21-11-7-6-10(14(19)8-11)9-17-18-15(20)12-4-2-3-5-13(12)16;;;/h2-9,19H,16H2,1H3,(H,18,20);;;/q;;2*-2/p-2/b17-9+;;;. The normalized spacial score (nSPS) is 10.3. The van der Waals surface area contributed by atoms with E-state index in [0.717, 1.165) is 0 Å². The molecule has 0 aliphatic rings. The Hall–Kier alpha value is -2.41. The fourth-order valence-corrected chi connectivity index (χ4v) is 1.64. The molecule has 2 aromatic rings. The van der Waals surface area contributed by atoms with E-state index < -0.39 is 5.90 Å². The minimum Gasteiger partial charge on any atom is -2.00 e. The van der Waals surface area contributed by atoms with Gasteiger partial charge in [0.25, 0.3) is 0 Å². The zero-order valence-electron chi connectivity index (χ0n) is 12.5. The van der Waals surface area contributed by atoms with Crippen molar-refractivity contribution >= 4 is 17.8 Å². The summed E-state index contributed by atoms with van der Waals surface area (Å²) in [5.41, 5.74) is 6.58. The maximum absolute atomic E-state index is 11.8. The van der Waals surface area contributed by atoms with Gasteiger partial charge in [-0.25, -0.2) is 0 Å². The second-order valence-corrected chi connectivity index (χ2v) is 4.14. The Morgan fingerprint density at radius 3 is 2.42 bits per heavy atom. The van der Waals surface area contributed by atoms with Gasteiger partial charge in [0.15, 0.2) is 0 Å². The molecule has 0 saturated carbocycles. The number of hydrogen-bond acceptors (Lipinski definition) is 6. The molecule has 0 aromatic heterocycles. The Balaban J connectivity index is 0. The summed E-state index contributed by atoms with van der Waals surface area (Å²) in [6, 6.07) is 11.1.